The highest BCUT2D eigenvalue weighted by Crippen LogP contribution is 2.16. The van der Waals surface area contributed by atoms with E-state index in [9.17, 15) is 14.0 Å². The van der Waals surface area contributed by atoms with Crippen molar-refractivity contribution in [2.75, 3.05) is 5.32 Å². The zero-order valence-electron chi connectivity index (χ0n) is 16.5. The molecule has 4 aromatic rings. The molecule has 0 unspecified atom stereocenters. The number of carbonyl (C=O) groups is 1. The van der Waals surface area contributed by atoms with Gasteiger partial charge >= 0.3 is 0 Å². The maximum Gasteiger partial charge on any atom is 0.283 e. The van der Waals surface area contributed by atoms with Gasteiger partial charge in [0.2, 0.25) is 5.91 Å². The second-order valence-electron chi connectivity index (χ2n) is 7.09. The van der Waals surface area contributed by atoms with Gasteiger partial charge in [-0.3, -0.25) is 14.2 Å². The van der Waals surface area contributed by atoms with Gasteiger partial charge < -0.3 is 5.32 Å². The van der Waals surface area contributed by atoms with Crippen molar-refractivity contribution in [2.24, 2.45) is 0 Å². The quantitative estimate of drug-likeness (QED) is 0.549. The van der Waals surface area contributed by atoms with Crippen LogP contribution in [0.5, 0.6) is 0 Å². The van der Waals surface area contributed by atoms with E-state index in [0.29, 0.717) is 17.9 Å². The first-order valence-electron chi connectivity index (χ1n) is 9.31. The molecule has 152 valence electrons. The summed E-state index contributed by atoms with van der Waals surface area (Å²) in [7, 11) is 0. The molecule has 2 aromatic heterocycles. The molecule has 1 amide bonds. The highest BCUT2D eigenvalue weighted by Gasteiger charge is 2.14. The molecule has 0 fully saturated rings. The van der Waals surface area contributed by atoms with Gasteiger partial charge in [0.05, 0.1) is 6.54 Å². The van der Waals surface area contributed by atoms with Gasteiger partial charge in [-0.1, -0.05) is 35.0 Å². The van der Waals surface area contributed by atoms with E-state index in [-0.39, 0.29) is 23.8 Å². The predicted molar refractivity (Wildman–Crippen MR) is 110 cm³/mol. The molecular weight excluding hydrogens is 387 g/mol. The minimum atomic E-state index is -0.457. The SMILES string of the molecule is Cc1ccc(NC(=O)Cn2cnc3c(nnn3Cc3ccc(F)cc3)c2=O)c(C)c1. The average molecular weight is 406 g/mol. The van der Waals surface area contributed by atoms with Crippen molar-refractivity contribution in [3.63, 3.8) is 0 Å². The Morgan fingerprint density at radius 1 is 1.13 bits per heavy atom. The Kier molecular flexibility index (Phi) is 5.09. The third kappa shape index (κ3) is 3.95. The molecule has 4 rings (SSSR count). The van der Waals surface area contributed by atoms with Crippen molar-refractivity contribution in [2.45, 2.75) is 26.9 Å². The van der Waals surface area contributed by atoms with Crippen molar-refractivity contribution < 1.29 is 9.18 Å². The summed E-state index contributed by atoms with van der Waals surface area (Å²) in [5.41, 5.74) is 3.43. The highest BCUT2D eigenvalue weighted by molar-refractivity contribution is 5.91. The maximum atomic E-state index is 13.1. The van der Waals surface area contributed by atoms with Crippen LogP contribution in [0.1, 0.15) is 16.7 Å². The van der Waals surface area contributed by atoms with Crippen molar-refractivity contribution in [1.82, 2.24) is 24.5 Å². The lowest BCUT2D eigenvalue weighted by molar-refractivity contribution is -0.116. The Balaban J connectivity index is 1.54. The Morgan fingerprint density at radius 2 is 1.90 bits per heavy atom. The van der Waals surface area contributed by atoms with E-state index in [4.69, 9.17) is 0 Å². The Morgan fingerprint density at radius 3 is 2.63 bits per heavy atom. The van der Waals surface area contributed by atoms with Crippen LogP contribution in [0.4, 0.5) is 10.1 Å². The Labute approximate surface area is 171 Å². The molecule has 0 aliphatic heterocycles. The standard InChI is InChI=1S/C21H19FN6O2/c1-13-3-8-17(14(2)9-13)24-18(29)11-27-12-23-20-19(21(27)30)25-26-28(20)10-15-4-6-16(22)7-5-15/h3-9,12H,10-11H2,1-2H3,(H,24,29). The molecule has 0 saturated carbocycles. The van der Waals surface area contributed by atoms with Crippen LogP contribution in [0.3, 0.4) is 0 Å². The number of aryl methyl sites for hydroxylation is 2. The molecule has 2 aromatic carbocycles. The molecule has 2 heterocycles. The fourth-order valence-corrected chi connectivity index (χ4v) is 3.17. The normalized spacial score (nSPS) is 11.0. The topological polar surface area (TPSA) is 94.7 Å². The van der Waals surface area contributed by atoms with Crippen LogP contribution >= 0.6 is 0 Å². The number of rotatable bonds is 5. The fourth-order valence-electron chi connectivity index (χ4n) is 3.17. The number of nitrogens with zero attached hydrogens (tertiary/aromatic N) is 5. The number of anilines is 1. The van der Waals surface area contributed by atoms with Gasteiger partial charge in [-0.25, -0.2) is 14.1 Å². The minimum Gasteiger partial charge on any atom is -0.324 e. The van der Waals surface area contributed by atoms with Crippen molar-refractivity contribution in [3.05, 3.63) is 81.7 Å². The van der Waals surface area contributed by atoms with Gasteiger partial charge in [0.25, 0.3) is 5.56 Å². The molecule has 0 aliphatic rings. The van der Waals surface area contributed by atoms with Crippen LogP contribution in [0, 0.1) is 19.7 Å². The molecule has 0 atom stereocenters. The first kappa shape index (κ1) is 19.4. The summed E-state index contributed by atoms with van der Waals surface area (Å²) >= 11 is 0. The fraction of sp³-hybridized carbons (Fsp3) is 0.190. The van der Waals surface area contributed by atoms with Gasteiger partial charge in [0.15, 0.2) is 11.2 Å². The lowest BCUT2D eigenvalue weighted by Crippen LogP contribution is -2.28. The summed E-state index contributed by atoms with van der Waals surface area (Å²) in [4.78, 5) is 29.4. The number of fused-ring (bicyclic) bond motifs is 1. The lowest BCUT2D eigenvalue weighted by atomic mass is 10.1. The van der Waals surface area contributed by atoms with E-state index >= 15 is 0 Å². The third-order valence-corrected chi connectivity index (χ3v) is 4.71. The Bertz CT molecular complexity index is 1290. The number of amides is 1. The van der Waals surface area contributed by atoms with E-state index in [2.05, 4.69) is 20.6 Å². The second-order valence-corrected chi connectivity index (χ2v) is 7.09. The monoisotopic (exact) mass is 406 g/mol. The van der Waals surface area contributed by atoms with Gasteiger partial charge in [0.1, 0.15) is 18.7 Å². The zero-order valence-corrected chi connectivity index (χ0v) is 16.5. The van der Waals surface area contributed by atoms with E-state index in [0.717, 1.165) is 16.7 Å². The number of benzene rings is 2. The van der Waals surface area contributed by atoms with Gasteiger partial charge in [-0.15, -0.1) is 5.10 Å². The summed E-state index contributed by atoms with van der Waals surface area (Å²) in [6.07, 6.45) is 1.30. The lowest BCUT2D eigenvalue weighted by Gasteiger charge is -2.10. The highest BCUT2D eigenvalue weighted by atomic mass is 19.1. The van der Waals surface area contributed by atoms with E-state index in [1.807, 2.05) is 32.0 Å². The number of hydrogen-bond donors (Lipinski definition) is 1. The summed E-state index contributed by atoms with van der Waals surface area (Å²) in [6.45, 7) is 3.98. The molecule has 1 N–H and O–H groups in total. The molecular formula is C21H19FN6O2. The molecule has 0 aliphatic carbocycles. The van der Waals surface area contributed by atoms with Crippen molar-refractivity contribution >= 4 is 22.8 Å². The molecule has 0 spiro atoms. The van der Waals surface area contributed by atoms with Crippen LogP contribution in [0.2, 0.25) is 0 Å². The van der Waals surface area contributed by atoms with Crippen LogP contribution < -0.4 is 10.9 Å². The molecule has 9 heteroatoms. The third-order valence-electron chi connectivity index (χ3n) is 4.71. The van der Waals surface area contributed by atoms with Crippen LogP contribution in [0.15, 0.2) is 53.6 Å². The minimum absolute atomic E-state index is 0.0685. The first-order valence-corrected chi connectivity index (χ1v) is 9.31. The number of carbonyl (C=O) groups excluding carboxylic acids is 1. The van der Waals surface area contributed by atoms with Crippen molar-refractivity contribution in [1.29, 1.82) is 0 Å². The average Bonchev–Trinajstić information content (AvgIpc) is 3.11. The van der Waals surface area contributed by atoms with Crippen LogP contribution in [-0.2, 0) is 17.9 Å². The van der Waals surface area contributed by atoms with Crippen LogP contribution in [0.25, 0.3) is 11.2 Å². The number of aromatic nitrogens is 5. The summed E-state index contributed by atoms with van der Waals surface area (Å²) in [5, 5.41) is 10.7. The second kappa shape index (κ2) is 7.86. The molecule has 30 heavy (non-hydrogen) atoms. The van der Waals surface area contributed by atoms with Crippen LogP contribution in [-0.4, -0.2) is 30.5 Å². The maximum absolute atomic E-state index is 13.1. The van der Waals surface area contributed by atoms with Gasteiger partial charge in [-0.2, -0.15) is 0 Å². The Hall–Kier alpha value is -3.88. The molecule has 8 nitrogen and oxygen atoms in total. The summed E-state index contributed by atoms with van der Waals surface area (Å²) in [6, 6.07) is 11.7. The number of nitrogens with one attached hydrogen (secondary N) is 1. The number of hydrogen-bond acceptors (Lipinski definition) is 5. The van der Waals surface area contributed by atoms with E-state index < -0.39 is 5.56 Å². The smallest absolute Gasteiger partial charge is 0.283 e. The molecule has 0 radical (unpaired) electrons. The number of halogens is 1. The molecule has 0 saturated heterocycles. The summed E-state index contributed by atoms with van der Waals surface area (Å²) < 4.78 is 15.7. The van der Waals surface area contributed by atoms with Crippen molar-refractivity contribution in [3.8, 4) is 0 Å². The zero-order chi connectivity index (χ0) is 21.3. The molecule has 0 bridgehead atoms. The summed E-state index contributed by atoms with van der Waals surface area (Å²) in [5.74, 6) is -0.675. The van der Waals surface area contributed by atoms with Gasteiger partial charge in [0, 0.05) is 5.69 Å². The van der Waals surface area contributed by atoms with E-state index in [1.165, 1.54) is 27.7 Å². The predicted octanol–water partition coefficient (Wildman–Crippen LogP) is 2.43. The first-order chi connectivity index (χ1) is 14.4. The van der Waals surface area contributed by atoms with Gasteiger partial charge in [-0.05, 0) is 43.2 Å². The van der Waals surface area contributed by atoms with E-state index in [1.54, 1.807) is 12.1 Å². The largest absolute Gasteiger partial charge is 0.324 e.